The molecule has 2 aromatic heterocycles. The van der Waals surface area contributed by atoms with Crippen LogP contribution in [0.5, 0.6) is 0 Å². The standard InChI is InChI=1S/C17H17FN4O/c1-11-10-19-6-7-22(11)17-21-15-9-12(18)8-13(16(15)23-17)14-4-2-3-5-20-14/h2-5,8-9,11,19H,6-7,10H2,1H3. The Kier molecular flexibility index (Phi) is 3.46. The Balaban J connectivity index is 1.85. The maximum atomic E-state index is 14.0. The highest BCUT2D eigenvalue weighted by Crippen LogP contribution is 2.32. The highest BCUT2D eigenvalue weighted by molar-refractivity contribution is 5.90. The molecule has 3 aromatic rings. The number of pyridine rings is 1. The molecule has 1 aliphatic heterocycles. The lowest BCUT2D eigenvalue weighted by Gasteiger charge is -2.32. The van der Waals surface area contributed by atoms with Crippen molar-refractivity contribution in [2.24, 2.45) is 0 Å². The van der Waals surface area contributed by atoms with E-state index in [1.165, 1.54) is 12.1 Å². The van der Waals surface area contributed by atoms with Gasteiger partial charge in [0.25, 0.3) is 6.01 Å². The summed E-state index contributed by atoms with van der Waals surface area (Å²) in [6, 6.07) is 9.20. The number of rotatable bonds is 2. The van der Waals surface area contributed by atoms with E-state index < -0.39 is 0 Å². The van der Waals surface area contributed by atoms with Crippen molar-refractivity contribution in [2.75, 3.05) is 24.5 Å². The Hall–Kier alpha value is -2.47. The summed E-state index contributed by atoms with van der Waals surface area (Å²) in [7, 11) is 0. The summed E-state index contributed by atoms with van der Waals surface area (Å²) in [6.07, 6.45) is 1.68. The Morgan fingerprint density at radius 2 is 2.26 bits per heavy atom. The average molecular weight is 312 g/mol. The van der Waals surface area contributed by atoms with Gasteiger partial charge in [0, 0.05) is 43.5 Å². The normalized spacial score (nSPS) is 18.5. The quantitative estimate of drug-likeness (QED) is 0.788. The fraction of sp³-hybridized carbons (Fsp3) is 0.294. The summed E-state index contributed by atoms with van der Waals surface area (Å²) >= 11 is 0. The van der Waals surface area contributed by atoms with Gasteiger partial charge in [0.05, 0.1) is 5.69 Å². The molecular formula is C17H17FN4O. The summed E-state index contributed by atoms with van der Waals surface area (Å²) < 4.78 is 20.0. The van der Waals surface area contributed by atoms with Gasteiger partial charge in [-0.25, -0.2) is 4.39 Å². The van der Waals surface area contributed by atoms with Crippen molar-refractivity contribution in [3.63, 3.8) is 0 Å². The Labute approximate surface area is 133 Å². The second kappa shape index (κ2) is 5.62. The van der Waals surface area contributed by atoms with Gasteiger partial charge in [-0.1, -0.05) is 6.07 Å². The molecule has 1 aromatic carbocycles. The monoisotopic (exact) mass is 312 g/mol. The number of fused-ring (bicyclic) bond motifs is 1. The summed E-state index contributed by atoms with van der Waals surface area (Å²) in [6.45, 7) is 4.68. The van der Waals surface area contributed by atoms with Crippen LogP contribution in [0, 0.1) is 5.82 Å². The largest absolute Gasteiger partial charge is 0.423 e. The molecule has 4 rings (SSSR count). The number of anilines is 1. The number of nitrogens with zero attached hydrogens (tertiary/aromatic N) is 3. The SMILES string of the molecule is CC1CNCCN1c1nc2cc(F)cc(-c3ccccn3)c2o1. The van der Waals surface area contributed by atoms with Crippen molar-refractivity contribution >= 4 is 17.1 Å². The van der Waals surface area contributed by atoms with Crippen LogP contribution in [0.15, 0.2) is 40.9 Å². The molecule has 6 heteroatoms. The second-order valence-corrected chi connectivity index (χ2v) is 5.76. The lowest BCUT2D eigenvalue weighted by molar-refractivity contribution is 0.456. The van der Waals surface area contributed by atoms with Crippen molar-refractivity contribution in [3.8, 4) is 11.3 Å². The third-order valence-corrected chi connectivity index (χ3v) is 4.13. The van der Waals surface area contributed by atoms with E-state index in [1.807, 2.05) is 18.2 Å². The van der Waals surface area contributed by atoms with Crippen LogP contribution in [0.4, 0.5) is 10.4 Å². The first-order valence-corrected chi connectivity index (χ1v) is 7.71. The topological polar surface area (TPSA) is 54.2 Å². The molecule has 0 amide bonds. The second-order valence-electron chi connectivity index (χ2n) is 5.76. The molecule has 1 fully saturated rings. The highest BCUT2D eigenvalue weighted by atomic mass is 19.1. The van der Waals surface area contributed by atoms with Crippen molar-refractivity contribution in [1.82, 2.24) is 15.3 Å². The Morgan fingerprint density at radius 3 is 3.04 bits per heavy atom. The summed E-state index contributed by atoms with van der Waals surface area (Å²) in [5.74, 6) is -0.341. The first kappa shape index (κ1) is 14.1. The third-order valence-electron chi connectivity index (χ3n) is 4.13. The Bertz CT molecular complexity index is 833. The molecular weight excluding hydrogens is 295 g/mol. The van der Waals surface area contributed by atoms with E-state index in [9.17, 15) is 4.39 Å². The van der Waals surface area contributed by atoms with Gasteiger partial charge in [-0.05, 0) is 25.1 Å². The number of nitrogens with one attached hydrogen (secondary N) is 1. The van der Waals surface area contributed by atoms with Gasteiger partial charge < -0.3 is 14.6 Å². The van der Waals surface area contributed by atoms with Crippen LogP contribution in [0.2, 0.25) is 0 Å². The molecule has 1 unspecified atom stereocenters. The maximum Gasteiger partial charge on any atom is 0.298 e. The molecule has 1 atom stereocenters. The first-order valence-electron chi connectivity index (χ1n) is 7.71. The van der Waals surface area contributed by atoms with Crippen LogP contribution in [-0.4, -0.2) is 35.6 Å². The minimum atomic E-state index is -0.341. The van der Waals surface area contributed by atoms with Gasteiger partial charge in [-0.3, -0.25) is 4.98 Å². The first-order chi connectivity index (χ1) is 11.2. The molecule has 0 bridgehead atoms. The van der Waals surface area contributed by atoms with Gasteiger partial charge in [-0.2, -0.15) is 4.98 Å². The summed E-state index contributed by atoms with van der Waals surface area (Å²) in [4.78, 5) is 10.9. The zero-order chi connectivity index (χ0) is 15.8. The third kappa shape index (κ3) is 2.55. The van der Waals surface area contributed by atoms with Crippen LogP contribution < -0.4 is 10.2 Å². The van der Waals surface area contributed by atoms with Crippen LogP contribution in [0.3, 0.4) is 0 Å². The lowest BCUT2D eigenvalue weighted by atomic mass is 10.1. The maximum absolute atomic E-state index is 14.0. The van der Waals surface area contributed by atoms with Crippen molar-refractivity contribution in [2.45, 2.75) is 13.0 Å². The number of halogens is 1. The van der Waals surface area contributed by atoms with E-state index in [0.717, 1.165) is 19.6 Å². The predicted molar refractivity (Wildman–Crippen MR) is 86.9 cm³/mol. The number of benzene rings is 1. The summed E-state index contributed by atoms with van der Waals surface area (Å²) in [5.41, 5.74) is 2.40. The Morgan fingerprint density at radius 1 is 1.35 bits per heavy atom. The van der Waals surface area contributed by atoms with Crippen molar-refractivity contribution < 1.29 is 8.81 Å². The molecule has 1 saturated heterocycles. The number of aromatic nitrogens is 2. The average Bonchev–Trinajstić information content (AvgIpc) is 2.99. The van der Waals surface area contributed by atoms with Crippen LogP contribution in [0.25, 0.3) is 22.4 Å². The molecule has 23 heavy (non-hydrogen) atoms. The lowest BCUT2D eigenvalue weighted by Crippen LogP contribution is -2.50. The molecule has 0 saturated carbocycles. The fourth-order valence-electron chi connectivity index (χ4n) is 2.95. The zero-order valence-electron chi connectivity index (χ0n) is 12.8. The number of oxazole rings is 1. The number of hydrogen-bond donors (Lipinski definition) is 1. The van der Waals surface area contributed by atoms with Gasteiger partial charge in [0.1, 0.15) is 11.3 Å². The van der Waals surface area contributed by atoms with Gasteiger partial charge in [0.2, 0.25) is 0 Å². The van der Waals surface area contributed by atoms with Crippen molar-refractivity contribution in [3.05, 3.63) is 42.3 Å². The molecule has 0 spiro atoms. The minimum absolute atomic E-state index is 0.278. The molecule has 0 radical (unpaired) electrons. The van der Waals surface area contributed by atoms with E-state index >= 15 is 0 Å². The van der Waals surface area contributed by atoms with Gasteiger partial charge in [0.15, 0.2) is 5.58 Å². The highest BCUT2D eigenvalue weighted by Gasteiger charge is 2.24. The van der Waals surface area contributed by atoms with Crippen LogP contribution >= 0.6 is 0 Å². The van der Waals surface area contributed by atoms with E-state index in [1.54, 1.807) is 6.20 Å². The number of hydrogen-bond acceptors (Lipinski definition) is 5. The molecule has 1 N–H and O–H groups in total. The van der Waals surface area contributed by atoms with Crippen LogP contribution in [0.1, 0.15) is 6.92 Å². The van der Waals surface area contributed by atoms with Gasteiger partial charge in [-0.15, -0.1) is 0 Å². The summed E-state index contributed by atoms with van der Waals surface area (Å²) in [5, 5.41) is 3.33. The van der Waals surface area contributed by atoms with Crippen LogP contribution in [-0.2, 0) is 0 Å². The van der Waals surface area contributed by atoms with E-state index in [-0.39, 0.29) is 11.9 Å². The smallest absolute Gasteiger partial charge is 0.298 e. The molecule has 1 aliphatic rings. The predicted octanol–water partition coefficient (Wildman–Crippen LogP) is 2.83. The van der Waals surface area contributed by atoms with E-state index in [4.69, 9.17) is 4.42 Å². The number of piperazine rings is 1. The zero-order valence-corrected chi connectivity index (χ0v) is 12.8. The van der Waals surface area contributed by atoms with Gasteiger partial charge >= 0.3 is 0 Å². The molecule has 0 aliphatic carbocycles. The molecule has 5 nitrogen and oxygen atoms in total. The van der Waals surface area contributed by atoms with Crippen molar-refractivity contribution in [1.29, 1.82) is 0 Å². The fourth-order valence-corrected chi connectivity index (χ4v) is 2.95. The minimum Gasteiger partial charge on any atom is -0.423 e. The van der Waals surface area contributed by atoms with E-state index in [2.05, 4.69) is 27.1 Å². The molecule has 3 heterocycles. The molecule has 118 valence electrons. The van der Waals surface area contributed by atoms with E-state index in [0.29, 0.717) is 28.4 Å².